The molecular weight excluding hydrogens is 214 g/mol. The zero-order valence-corrected chi connectivity index (χ0v) is 10.9. The first kappa shape index (κ1) is 12.6. The highest BCUT2D eigenvalue weighted by Crippen LogP contribution is 2.10. The molecule has 0 aromatic carbocycles. The zero-order valence-electron chi connectivity index (χ0n) is 10.9. The minimum absolute atomic E-state index is 0.417. The number of aromatic nitrogens is 2. The maximum atomic E-state index is 5.57. The van der Waals surface area contributed by atoms with Gasteiger partial charge in [0, 0.05) is 38.0 Å². The Morgan fingerprint density at radius 2 is 2.47 bits per heavy atom. The molecule has 1 saturated heterocycles. The molecule has 0 spiro atoms. The van der Waals surface area contributed by atoms with Crippen LogP contribution in [0.15, 0.2) is 12.4 Å². The van der Waals surface area contributed by atoms with Crippen LogP contribution in [0.5, 0.6) is 0 Å². The van der Waals surface area contributed by atoms with Gasteiger partial charge in [0.15, 0.2) is 0 Å². The Morgan fingerprint density at radius 1 is 1.59 bits per heavy atom. The van der Waals surface area contributed by atoms with Crippen LogP contribution < -0.4 is 5.32 Å². The summed E-state index contributed by atoms with van der Waals surface area (Å²) in [5.74, 6) is 0.641. The van der Waals surface area contributed by atoms with Gasteiger partial charge in [-0.15, -0.1) is 0 Å². The topological polar surface area (TPSA) is 39.1 Å². The SMILES string of the molecule is CC(C)Cn1cc(CNC[C@@H]2CCCO2)cn1. The first-order valence-corrected chi connectivity index (χ1v) is 6.57. The fourth-order valence-corrected chi connectivity index (χ4v) is 2.15. The molecule has 1 fully saturated rings. The average Bonchev–Trinajstić information content (AvgIpc) is 2.89. The molecule has 1 aliphatic heterocycles. The highest BCUT2D eigenvalue weighted by atomic mass is 16.5. The van der Waals surface area contributed by atoms with Crippen molar-refractivity contribution < 1.29 is 4.74 Å². The summed E-state index contributed by atoms with van der Waals surface area (Å²) in [6.07, 6.45) is 6.90. The van der Waals surface area contributed by atoms with Crippen molar-refractivity contribution in [1.82, 2.24) is 15.1 Å². The van der Waals surface area contributed by atoms with Crippen LogP contribution in [0, 0.1) is 5.92 Å². The molecule has 1 N–H and O–H groups in total. The highest BCUT2D eigenvalue weighted by Gasteiger charge is 2.14. The molecule has 2 rings (SSSR count). The second-order valence-electron chi connectivity index (χ2n) is 5.23. The first-order chi connectivity index (χ1) is 8.24. The van der Waals surface area contributed by atoms with Crippen LogP contribution in [-0.4, -0.2) is 29.0 Å². The van der Waals surface area contributed by atoms with E-state index in [1.165, 1.54) is 18.4 Å². The van der Waals surface area contributed by atoms with Gasteiger partial charge in [0.05, 0.1) is 12.3 Å². The van der Waals surface area contributed by atoms with Crippen molar-refractivity contribution in [3.8, 4) is 0 Å². The second kappa shape index (κ2) is 6.17. The molecule has 1 aromatic rings. The Bertz CT molecular complexity index is 329. The molecule has 1 atom stereocenters. The normalized spacial score (nSPS) is 20.3. The Hall–Kier alpha value is -0.870. The van der Waals surface area contributed by atoms with Crippen molar-refractivity contribution in [3.63, 3.8) is 0 Å². The molecule has 0 unspecified atom stereocenters. The fourth-order valence-electron chi connectivity index (χ4n) is 2.15. The summed E-state index contributed by atoms with van der Waals surface area (Å²) >= 11 is 0. The second-order valence-corrected chi connectivity index (χ2v) is 5.23. The molecular formula is C13H23N3O. The van der Waals surface area contributed by atoms with Gasteiger partial charge in [-0.25, -0.2) is 0 Å². The lowest BCUT2D eigenvalue weighted by Crippen LogP contribution is -2.25. The van der Waals surface area contributed by atoms with Gasteiger partial charge in [-0.05, 0) is 18.8 Å². The summed E-state index contributed by atoms with van der Waals surface area (Å²) in [5.41, 5.74) is 1.25. The molecule has 1 aliphatic rings. The molecule has 4 nitrogen and oxygen atoms in total. The van der Waals surface area contributed by atoms with Crippen molar-refractivity contribution >= 4 is 0 Å². The number of hydrogen-bond acceptors (Lipinski definition) is 3. The third-order valence-electron chi connectivity index (χ3n) is 2.96. The monoisotopic (exact) mass is 237 g/mol. The lowest BCUT2D eigenvalue weighted by Gasteiger charge is -2.09. The smallest absolute Gasteiger partial charge is 0.0700 e. The largest absolute Gasteiger partial charge is 0.377 e. The number of hydrogen-bond donors (Lipinski definition) is 1. The van der Waals surface area contributed by atoms with Crippen molar-refractivity contribution in [2.75, 3.05) is 13.2 Å². The summed E-state index contributed by atoms with van der Waals surface area (Å²) < 4.78 is 7.59. The van der Waals surface area contributed by atoms with Crippen LogP contribution in [0.2, 0.25) is 0 Å². The van der Waals surface area contributed by atoms with Gasteiger partial charge in [-0.3, -0.25) is 4.68 Å². The van der Waals surface area contributed by atoms with E-state index in [0.717, 1.165) is 26.2 Å². The molecule has 0 bridgehead atoms. The van der Waals surface area contributed by atoms with Crippen molar-refractivity contribution in [1.29, 1.82) is 0 Å². The van der Waals surface area contributed by atoms with Gasteiger partial charge in [-0.1, -0.05) is 13.8 Å². The number of rotatable bonds is 6. The quantitative estimate of drug-likeness (QED) is 0.820. The van der Waals surface area contributed by atoms with Crippen molar-refractivity contribution in [2.45, 2.75) is 45.9 Å². The number of nitrogens with zero attached hydrogens (tertiary/aromatic N) is 2. The Kier molecular flexibility index (Phi) is 4.57. The number of nitrogens with one attached hydrogen (secondary N) is 1. The molecule has 2 heterocycles. The molecule has 0 amide bonds. The first-order valence-electron chi connectivity index (χ1n) is 6.57. The third kappa shape index (κ3) is 4.13. The minimum Gasteiger partial charge on any atom is -0.377 e. The minimum atomic E-state index is 0.417. The van der Waals surface area contributed by atoms with Gasteiger partial charge in [-0.2, -0.15) is 5.10 Å². The van der Waals surface area contributed by atoms with E-state index >= 15 is 0 Å². The lowest BCUT2D eigenvalue weighted by atomic mass is 10.2. The van der Waals surface area contributed by atoms with Gasteiger partial charge >= 0.3 is 0 Å². The van der Waals surface area contributed by atoms with E-state index in [2.05, 4.69) is 30.5 Å². The summed E-state index contributed by atoms with van der Waals surface area (Å²) in [4.78, 5) is 0. The van der Waals surface area contributed by atoms with Crippen LogP contribution >= 0.6 is 0 Å². The Labute approximate surface area is 103 Å². The lowest BCUT2D eigenvalue weighted by molar-refractivity contribution is 0.110. The van der Waals surface area contributed by atoms with E-state index < -0.39 is 0 Å². The van der Waals surface area contributed by atoms with E-state index in [4.69, 9.17) is 4.74 Å². The van der Waals surface area contributed by atoms with Gasteiger partial charge in [0.25, 0.3) is 0 Å². The van der Waals surface area contributed by atoms with Gasteiger partial charge < -0.3 is 10.1 Å². The molecule has 0 aliphatic carbocycles. The maximum Gasteiger partial charge on any atom is 0.0700 e. The van der Waals surface area contributed by atoms with Crippen LogP contribution in [0.4, 0.5) is 0 Å². The maximum absolute atomic E-state index is 5.57. The highest BCUT2D eigenvalue weighted by molar-refractivity contribution is 5.03. The van der Waals surface area contributed by atoms with Crippen LogP contribution in [0.3, 0.4) is 0 Å². The van der Waals surface area contributed by atoms with E-state index in [1.807, 2.05) is 10.9 Å². The third-order valence-corrected chi connectivity index (χ3v) is 2.96. The standard InChI is InChI=1S/C13H23N3O/c1-11(2)9-16-10-12(7-15-16)6-14-8-13-4-3-5-17-13/h7,10-11,13-14H,3-6,8-9H2,1-2H3/t13-/m0/s1. The van der Waals surface area contributed by atoms with Gasteiger partial charge in [0.1, 0.15) is 0 Å². The van der Waals surface area contributed by atoms with E-state index in [9.17, 15) is 0 Å². The van der Waals surface area contributed by atoms with Crippen molar-refractivity contribution in [3.05, 3.63) is 18.0 Å². The van der Waals surface area contributed by atoms with Crippen molar-refractivity contribution in [2.24, 2.45) is 5.92 Å². The van der Waals surface area contributed by atoms with Crippen LogP contribution in [-0.2, 0) is 17.8 Å². The number of ether oxygens (including phenoxy) is 1. The Balaban J connectivity index is 1.69. The molecule has 0 radical (unpaired) electrons. The predicted octanol–water partition coefficient (Wildman–Crippen LogP) is 1.81. The molecule has 0 saturated carbocycles. The van der Waals surface area contributed by atoms with E-state index in [0.29, 0.717) is 12.0 Å². The summed E-state index contributed by atoms with van der Waals surface area (Å²) in [7, 11) is 0. The van der Waals surface area contributed by atoms with E-state index in [1.54, 1.807) is 0 Å². The molecule has 96 valence electrons. The molecule has 17 heavy (non-hydrogen) atoms. The zero-order chi connectivity index (χ0) is 12.1. The van der Waals surface area contributed by atoms with Crippen LogP contribution in [0.1, 0.15) is 32.3 Å². The molecule has 4 heteroatoms. The van der Waals surface area contributed by atoms with Gasteiger partial charge in [0.2, 0.25) is 0 Å². The summed E-state index contributed by atoms with van der Waals surface area (Å²) in [6, 6.07) is 0. The summed E-state index contributed by atoms with van der Waals surface area (Å²) in [5, 5.41) is 7.78. The van der Waals surface area contributed by atoms with Crippen LogP contribution in [0.25, 0.3) is 0 Å². The molecule has 1 aromatic heterocycles. The Morgan fingerprint density at radius 3 is 3.18 bits per heavy atom. The average molecular weight is 237 g/mol. The summed E-state index contributed by atoms with van der Waals surface area (Å²) in [6.45, 7) is 8.17. The van der Waals surface area contributed by atoms with E-state index in [-0.39, 0.29) is 0 Å². The predicted molar refractivity (Wildman–Crippen MR) is 67.7 cm³/mol. The fraction of sp³-hybridized carbons (Fsp3) is 0.769.